The Bertz CT molecular complexity index is 492. The minimum atomic E-state index is -1.30. The summed E-state index contributed by atoms with van der Waals surface area (Å²) >= 11 is 0. The van der Waals surface area contributed by atoms with Gasteiger partial charge in [-0.3, -0.25) is 14.5 Å². The van der Waals surface area contributed by atoms with Crippen molar-refractivity contribution in [2.75, 3.05) is 39.4 Å². The SMILES string of the molecule is NC(=O)CN1CCOCC(O)(CNC(=O)c2cnco2)C1. The number of β-amino-alcohol motifs (C(OH)–C–C–N with tert-alkyl or cyclic N) is 1. The predicted octanol–water partition coefficient (Wildman–Crippen LogP) is -2.05. The van der Waals surface area contributed by atoms with E-state index in [2.05, 4.69) is 10.3 Å². The first-order valence-corrected chi connectivity index (χ1v) is 6.46. The first-order valence-electron chi connectivity index (χ1n) is 6.46. The number of carbonyl (C=O) groups excluding carboxylic acids is 2. The first kappa shape index (κ1) is 15.4. The third-order valence-corrected chi connectivity index (χ3v) is 3.05. The number of nitrogens with two attached hydrogens (primary N) is 1. The van der Waals surface area contributed by atoms with E-state index in [1.165, 1.54) is 6.20 Å². The smallest absolute Gasteiger partial charge is 0.288 e. The van der Waals surface area contributed by atoms with Crippen molar-refractivity contribution in [1.82, 2.24) is 15.2 Å². The topological polar surface area (TPSA) is 131 Å². The number of nitrogens with zero attached hydrogens (tertiary/aromatic N) is 2. The third kappa shape index (κ3) is 4.52. The fraction of sp³-hybridized carbons (Fsp3) is 0.583. The van der Waals surface area contributed by atoms with Crippen molar-refractivity contribution in [3.8, 4) is 0 Å². The molecule has 1 aliphatic heterocycles. The molecule has 0 aliphatic carbocycles. The monoisotopic (exact) mass is 298 g/mol. The zero-order chi connectivity index (χ0) is 15.3. The largest absolute Gasteiger partial charge is 0.438 e. The number of amides is 2. The van der Waals surface area contributed by atoms with Gasteiger partial charge in [-0.2, -0.15) is 0 Å². The third-order valence-electron chi connectivity index (χ3n) is 3.05. The fourth-order valence-electron chi connectivity index (χ4n) is 2.12. The van der Waals surface area contributed by atoms with Crippen LogP contribution in [0, 0.1) is 0 Å². The Morgan fingerprint density at radius 2 is 2.38 bits per heavy atom. The number of ether oxygens (including phenoxy) is 1. The van der Waals surface area contributed by atoms with Crippen LogP contribution in [0.4, 0.5) is 0 Å². The minimum Gasteiger partial charge on any atom is -0.438 e. The Hall–Kier alpha value is -1.97. The lowest BCUT2D eigenvalue weighted by Crippen LogP contribution is -2.53. The molecule has 116 valence electrons. The number of primary amides is 1. The molecule has 0 spiro atoms. The summed E-state index contributed by atoms with van der Waals surface area (Å²) in [4.78, 5) is 28.1. The van der Waals surface area contributed by atoms with Gasteiger partial charge < -0.3 is 25.3 Å². The maximum Gasteiger partial charge on any atom is 0.288 e. The number of nitrogens with one attached hydrogen (secondary N) is 1. The summed E-state index contributed by atoms with van der Waals surface area (Å²) in [5.74, 6) is -0.904. The van der Waals surface area contributed by atoms with Crippen molar-refractivity contribution < 1.29 is 23.8 Å². The number of carbonyl (C=O) groups is 2. The average Bonchev–Trinajstić information content (AvgIpc) is 2.88. The van der Waals surface area contributed by atoms with Crippen LogP contribution in [0.1, 0.15) is 10.6 Å². The highest BCUT2D eigenvalue weighted by molar-refractivity contribution is 5.91. The van der Waals surface area contributed by atoms with Crippen LogP contribution in [-0.2, 0) is 9.53 Å². The Balaban J connectivity index is 1.92. The molecule has 2 heterocycles. The minimum absolute atomic E-state index is 0.0295. The van der Waals surface area contributed by atoms with Gasteiger partial charge in [0, 0.05) is 13.1 Å². The summed E-state index contributed by atoms with van der Waals surface area (Å²) in [6.45, 7) is 1.09. The van der Waals surface area contributed by atoms with Crippen LogP contribution in [0.25, 0.3) is 0 Å². The van der Waals surface area contributed by atoms with E-state index in [4.69, 9.17) is 14.9 Å². The van der Waals surface area contributed by atoms with E-state index in [-0.39, 0.29) is 32.0 Å². The molecule has 2 rings (SSSR count). The molecule has 2 amide bonds. The van der Waals surface area contributed by atoms with Crippen LogP contribution < -0.4 is 11.1 Å². The molecule has 9 nitrogen and oxygen atoms in total. The maximum absolute atomic E-state index is 11.8. The molecular weight excluding hydrogens is 280 g/mol. The molecule has 1 aromatic heterocycles. The Morgan fingerprint density at radius 1 is 1.57 bits per heavy atom. The van der Waals surface area contributed by atoms with Crippen LogP contribution in [0.2, 0.25) is 0 Å². The second-order valence-corrected chi connectivity index (χ2v) is 5.00. The average molecular weight is 298 g/mol. The molecule has 1 atom stereocenters. The van der Waals surface area contributed by atoms with Gasteiger partial charge in [0.25, 0.3) is 5.91 Å². The molecule has 0 aromatic carbocycles. The lowest BCUT2D eigenvalue weighted by molar-refractivity contribution is -0.119. The molecule has 1 aliphatic rings. The highest BCUT2D eigenvalue weighted by atomic mass is 16.5. The molecule has 21 heavy (non-hydrogen) atoms. The molecule has 1 unspecified atom stereocenters. The molecule has 0 radical (unpaired) electrons. The number of hydrogen-bond donors (Lipinski definition) is 3. The Labute approximate surface area is 121 Å². The predicted molar refractivity (Wildman–Crippen MR) is 70.2 cm³/mol. The van der Waals surface area contributed by atoms with Gasteiger partial charge in [0.15, 0.2) is 6.39 Å². The summed E-state index contributed by atoms with van der Waals surface area (Å²) in [6, 6.07) is 0. The van der Waals surface area contributed by atoms with Crippen molar-refractivity contribution in [1.29, 1.82) is 0 Å². The quantitative estimate of drug-likeness (QED) is 0.570. The molecule has 4 N–H and O–H groups in total. The van der Waals surface area contributed by atoms with Gasteiger partial charge in [0.05, 0.1) is 32.5 Å². The lowest BCUT2D eigenvalue weighted by Gasteiger charge is -2.30. The molecule has 9 heteroatoms. The normalized spacial score (nSPS) is 23.5. The maximum atomic E-state index is 11.8. The highest BCUT2D eigenvalue weighted by Gasteiger charge is 2.33. The van der Waals surface area contributed by atoms with E-state index in [1.54, 1.807) is 4.90 Å². The summed E-state index contributed by atoms with van der Waals surface area (Å²) in [5, 5.41) is 13.1. The number of oxazole rings is 1. The zero-order valence-electron chi connectivity index (χ0n) is 11.4. The van der Waals surface area contributed by atoms with E-state index < -0.39 is 17.4 Å². The van der Waals surface area contributed by atoms with E-state index >= 15 is 0 Å². The summed E-state index contributed by atoms with van der Waals surface area (Å²) < 4.78 is 10.2. The van der Waals surface area contributed by atoms with Gasteiger partial charge in [-0.05, 0) is 0 Å². The van der Waals surface area contributed by atoms with Gasteiger partial charge >= 0.3 is 0 Å². The number of rotatable bonds is 5. The van der Waals surface area contributed by atoms with Crippen molar-refractivity contribution in [3.63, 3.8) is 0 Å². The van der Waals surface area contributed by atoms with Gasteiger partial charge in [-0.1, -0.05) is 0 Å². The standard InChI is InChI=1S/C12H18N4O5/c13-10(17)4-16-1-2-20-7-12(19,6-16)5-15-11(18)9-3-14-8-21-9/h3,8,19H,1-2,4-7H2,(H2,13,17)(H,15,18). The summed E-state index contributed by atoms with van der Waals surface area (Å²) in [7, 11) is 0. The molecular formula is C12H18N4O5. The van der Waals surface area contributed by atoms with Gasteiger partial charge in [-0.15, -0.1) is 0 Å². The summed E-state index contributed by atoms with van der Waals surface area (Å²) in [6.07, 6.45) is 2.43. The van der Waals surface area contributed by atoms with E-state index in [1.807, 2.05) is 0 Å². The Kier molecular flexibility index (Phi) is 4.89. The number of aromatic nitrogens is 1. The lowest BCUT2D eigenvalue weighted by atomic mass is 10.0. The molecule has 0 bridgehead atoms. The van der Waals surface area contributed by atoms with E-state index in [0.717, 1.165) is 6.39 Å². The summed E-state index contributed by atoms with van der Waals surface area (Å²) in [5.41, 5.74) is 3.85. The molecule has 1 fully saturated rings. The second-order valence-electron chi connectivity index (χ2n) is 5.00. The number of hydrogen-bond acceptors (Lipinski definition) is 7. The van der Waals surface area contributed by atoms with Crippen molar-refractivity contribution >= 4 is 11.8 Å². The fourth-order valence-corrected chi connectivity index (χ4v) is 2.12. The van der Waals surface area contributed by atoms with Crippen molar-refractivity contribution in [3.05, 3.63) is 18.4 Å². The van der Waals surface area contributed by atoms with Crippen LogP contribution in [0.5, 0.6) is 0 Å². The van der Waals surface area contributed by atoms with E-state index in [0.29, 0.717) is 13.2 Å². The highest BCUT2D eigenvalue weighted by Crippen LogP contribution is 2.12. The van der Waals surface area contributed by atoms with Crippen molar-refractivity contribution in [2.24, 2.45) is 5.73 Å². The van der Waals surface area contributed by atoms with Crippen LogP contribution >= 0.6 is 0 Å². The van der Waals surface area contributed by atoms with Crippen molar-refractivity contribution in [2.45, 2.75) is 5.60 Å². The van der Waals surface area contributed by atoms with Crippen LogP contribution in [0.3, 0.4) is 0 Å². The van der Waals surface area contributed by atoms with Gasteiger partial charge in [0.2, 0.25) is 11.7 Å². The number of aliphatic hydroxyl groups is 1. The molecule has 0 saturated carbocycles. The molecule has 1 saturated heterocycles. The Morgan fingerprint density at radius 3 is 3.05 bits per heavy atom. The van der Waals surface area contributed by atoms with E-state index in [9.17, 15) is 14.7 Å². The van der Waals surface area contributed by atoms with Crippen LogP contribution in [-0.4, -0.2) is 71.8 Å². The molecule has 1 aromatic rings. The van der Waals surface area contributed by atoms with Crippen LogP contribution in [0.15, 0.2) is 17.0 Å². The van der Waals surface area contributed by atoms with Gasteiger partial charge in [-0.25, -0.2) is 4.98 Å². The zero-order valence-corrected chi connectivity index (χ0v) is 11.4. The second kappa shape index (κ2) is 6.66. The van der Waals surface area contributed by atoms with Gasteiger partial charge in [0.1, 0.15) is 5.60 Å². The first-order chi connectivity index (χ1) is 9.98.